The first-order chi connectivity index (χ1) is 15.5. The van der Waals surface area contributed by atoms with Crippen molar-refractivity contribution in [3.63, 3.8) is 0 Å². The maximum Gasteiger partial charge on any atom is 0.418 e. The number of aromatic nitrogens is 1. The van der Waals surface area contributed by atoms with Gasteiger partial charge in [0.2, 0.25) is 10.0 Å². The molecule has 4 N–H and O–H groups in total. The lowest BCUT2D eigenvalue weighted by molar-refractivity contribution is -0.136. The highest BCUT2D eigenvalue weighted by atomic mass is 35.5. The number of halogens is 4. The van der Waals surface area contributed by atoms with Gasteiger partial charge in [0.25, 0.3) is 0 Å². The van der Waals surface area contributed by atoms with Crippen LogP contribution in [0.15, 0.2) is 54.6 Å². The third kappa shape index (κ3) is 5.05. The van der Waals surface area contributed by atoms with Crippen LogP contribution in [-0.4, -0.2) is 26.8 Å². The number of rotatable bonds is 5. The number of nitrogens with one attached hydrogen (secondary N) is 2. The molecule has 180 valence electrons. The Hall–Kier alpha value is -3.44. The summed E-state index contributed by atoms with van der Waals surface area (Å²) in [6.07, 6.45) is -3.59. The average Bonchev–Trinajstić information content (AvgIpc) is 2.72. The highest BCUT2D eigenvalue weighted by Crippen LogP contribution is 2.41. The molecule has 3 aromatic carbocycles. The summed E-state index contributed by atoms with van der Waals surface area (Å²) in [6.45, 7) is 0. The minimum Gasteiger partial charge on any atom is -0.494 e. The molecule has 1 aromatic heterocycles. The maximum absolute atomic E-state index is 13.4. The van der Waals surface area contributed by atoms with Crippen LogP contribution in [0.1, 0.15) is 5.56 Å². The number of nitrogens with two attached hydrogens (primary N) is 1. The number of nitrogen functional groups attached to an aromatic ring is 1. The van der Waals surface area contributed by atoms with Crippen molar-refractivity contribution < 1.29 is 26.3 Å². The number of sulfonamides is 1. The Labute approximate surface area is 199 Å². The first kappa shape index (κ1) is 25.2. The highest BCUT2D eigenvalue weighted by molar-refractivity contribution is 7.92. The number of alkyl halides is 3. The number of fused-ring (bicyclic) bond motifs is 2. The summed E-state index contributed by atoms with van der Waals surface area (Å²) in [6, 6.07) is 13.8. The van der Waals surface area contributed by atoms with E-state index in [-0.39, 0.29) is 17.9 Å². The van der Waals surface area contributed by atoms with Crippen LogP contribution in [0.4, 0.5) is 35.9 Å². The van der Waals surface area contributed by atoms with Crippen molar-refractivity contribution in [2.75, 3.05) is 29.1 Å². The molecule has 0 radical (unpaired) electrons. The standard InChI is InChI=1S/C22H19F3N4O3S.ClH/c1-32-20-9-12(29-33(2,30)31)7-8-18(20)28-21-13-5-3-4-6-17(13)27-19-11-15(22(23,24)25)16(26)10-14(19)21;/h3-11,29H,26H2,1-2H3,(H,27,28);1H. The Morgan fingerprint density at radius 2 is 1.71 bits per heavy atom. The van der Waals surface area contributed by atoms with E-state index in [4.69, 9.17) is 10.5 Å². The van der Waals surface area contributed by atoms with Crippen molar-refractivity contribution in [2.24, 2.45) is 0 Å². The van der Waals surface area contributed by atoms with Crippen molar-refractivity contribution >= 4 is 67.0 Å². The molecule has 12 heteroatoms. The van der Waals surface area contributed by atoms with E-state index in [2.05, 4.69) is 15.0 Å². The number of hydrogen-bond donors (Lipinski definition) is 3. The molecule has 34 heavy (non-hydrogen) atoms. The van der Waals surface area contributed by atoms with Crippen LogP contribution in [-0.2, 0) is 16.2 Å². The second kappa shape index (κ2) is 9.07. The van der Waals surface area contributed by atoms with Crippen LogP contribution < -0.4 is 20.5 Å². The van der Waals surface area contributed by atoms with Gasteiger partial charge in [-0.3, -0.25) is 4.72 Å². The number of benzene rings is 3. The molecule has 0 fully saturated rings. The van der Waals surface area contributed by atoms with E-state index in [0.29, 0.717) is 39.1 Å². The largest absolute Gasteiger partial charge is 0.494 e. The monoisotopic (exact) mass is 512 g/mol. The van der Waals surface area contributed by atoms with Gasteiger partial charge in [0.05, 0.1) is 47.0 Å². The lowest BCUT2D eigenvalue weighted by atomic mass is 10.0. The van der Waals surface area contributed by atoms with Crippen molar-refractivity contribution in [2.45, 2.75) is 6.18 Å². The molecule has 4 aromatic rings. The summed E-state index contributed by atoms with van der Waals surface area (Å²) in [5, 5.41) is 4.25. The molecule has 0 aliphatic heterocycles. The Kier molecular flexibility index (Phi) is 6.72. The minimum absolute atomic E-state index is 0. The third-order valence-corrected chi connectivity index (χ3v) is 5.53. The number of pyridine rings is 1. The fraction of sp³-hybridized carbons (Fsp3) is 0.136. The molecule has 7 nitrogen and oxygen atoms in total. The predicted octanol–water partition coefficient (Wildman–Crippen LogP) is 5.53. The zero-order valence-corrected chi connectivity index (χ0v) is 19.5. The molecular formula is C22H20ClF3N4O3S. The van der Waals surface area contributed by atoms with E-state index in [1.807, 2.05) is 0 Å². The molecule has 0 spiro atoms. The number of hydrogen-bond acceptors (Lipinski definition) is 6. The summed E-state index contributed by atoms with van der Waals surface area (Å²) in [5.41, 5.74) is 6.21. The lowest BCUT2D eigenvalue weighted by Gasteiger charge is -2.18. The Morgan fingerprint density at radius 3 is 2.35 bits per heavy atom. The minimum atomic E-state index is -4.62. The fourth-order valence-corrected chi connectivity index (χ4v) is 4.10. The summed E-state index contributed by atoms with van der Waals surface area (Å²) >= 11 is 0. The van der Waals surface area contributed by atoms with E-state index in [1.54, 1.807) is 30.3 Å². The molecule has 0 saturated carbocycles. The molecule has 0 bridgehead atoms. The maximum atomic E-state index is 13.4. The van der Waals surface area contributed by atoms with Crippen molar-refractivity contribution in [3.8, 4) is 5.75 Å². The molecule has 4 rings (SSSR count). The SMILES string of the molecule is COc1cc(NS(C)(=O)=O)ccc1Nc1c2ccccc2nc2cc(C(F)(F)F)c(N)cc12.Cl. The van der Waals surface area contributed by atoms with Crippen LogP contribution in [0.3, 0.4) is 0 Å². The van der Waals surface area contributed by atoms with Crippen LogP contribution in [0, 0.1) is 0 Å². The average molecular weight is 513 g/mol. The molecule has 0 atom stereocenters. The highest BCUT2D eigenvalue weighted by Gasteiger charge is 2.33. The van der Waals surface area contributed by atoms with E-state index in [0.717, 1.165) is 12.3 Å². The summed E-state index contributed by atoms with van der Waals surface area (Å²) in [7, 11) is -2.07. The third-order valence-electron chi connectivity index (χ3n) is 4.92. The summed E-state index contributed by atoms with van der Waals surface area (Å²) in [5.74, 6) is 0.317. The topological polar surface area (TPSA) is 106 Å². The van der Waals surface area contributed by atoms with Crippen molar-refractivity contribution in [3.05, 3.63) is 60.2 Å². The zero-order chi connectivity index (χ0) is 24.0. The van der Waals surface area contributed by atoms with Gasteiger partial charge in [-0.25, -0.2) is 13.4 Å². The normalized spacial score (nSPS) is 11.8. The van der Waals surface area contributed by atoms with Gasteiger partial charge in [0.1, 0.15) is 5.75 Å². The summed E-state index contributed by atoms with van der Waals surface area (Å²) < 4.78 is 71.0. The molecule has 0 saturated heterocycles. The van der Waals surface area contributed by atoms with E-state index in [1.165, 1.54) is 25.3 Å². The van der Waals surface area contributed by atoms with Gasteiger partial charge in [-0.05, 0) is 30.3 Å². The fourth-order valence-electron chi connectivity index (χ4n) is 3.54. The summed E-state index contributed by atoms with van der Waals surface area (Å²) in [4.78, 5) is 4.39. The molecule has 0 aliphatic carbocycles. The van der Waals surface area contributed by atoms with Crippen molar-refractivity contribution in [1.29, 1.82) is 0 Å². The molecule has 1 heterocycles. The number of methoxy groups -OCH3 is 1. The Morgan fingerprint density at radius 1 is 1.00 bits per heavy atom. The second-order valence-electron chi connectivity index (χ2n) is 7.37. The smallest absolute Gasteiger partial charge is 0.418 e. The first-order valence-corrected chi connectivity index (χ1v) is 11.5. The van der Waals surface area contributed by atoms with Gasteiger partial charge in [0, 0.05) is 22.5 Å². The van der Waals surface area contributed by atoms with Crippen LogP contribution in [0.5, 0.6) is 5.75 Å². The molecule has 0 aliphatic rings. The number of anilines is 4. The van der Waals surface area contributed by atoms with Gasteiger partial charge in [-0.2, -0.15) is 13.2 Å². The van der Waals surface area contributed by atoms with Gasteiger partial charge in [0.15, 0.2) is 0 Å². The number of para-hydroxylation sites is 1. The van der Waals surface area contributed by atoms with Gasteiger partial charge >= 0.3 is 6.18 Å². The zero-order valence-electron chi connectivity index (χ0n) is 17.9. The molecule has 0 amide bonds. The lowest BCUT2D eigenvalue weighted by Crippen LogP contribution is -2.10. The van der Waals surface area contributed by atoms with Gasteiger partial charge in [-0.1, -0.05) is 18.2 Å². The van der Waals surface area contributed by atoms with Crippen LogP contribution >= 0.6 is 12.4 Å². The van der Waals surface area contributed by atoms with E-state index >= 15 is 0 Å². The van der Waals surface area contributed by atoms with Crippen molar-refractivity contribution in [1.82, 2.24) is 4.98 Å². The number of nitrogens with zero attached hydrogens (tertiary/aromatic N) is 1. The molecular weight excluding hydrogens is 493 g/mol. The van der Waals surface area contributed by atoms with Gasteiger partial charge in [-0.15, -0.1) is 12.4 Å². The first-order valence-electron chi connectivity index (χ1n) is 9.58. The predicted molar refractivity (Wildman–Crippen MR) is 131 cm³/mol. The van der Waals surface area contributed by atoms with E-state index < -0.39 is 27.5 Å². The Bertz CT molecular complexity index is 1490. The Balaban J connectivity index is 0.00000324. The molecule has 0 unspecified atom stereocenters. The van der Waals surface area contributed by atoms with Gasteiger partial charge < -0.3 is 15.8 Å². The second-order valence-corrected chi connectivity index (χ2v) is 9.12. The quantitative estimate of drug-likeness (QED) is 0.240. The number of ether oxygens (including phenoxy) is 1. The van der Waals surface area contributed by atoms with Crippen LogP contribution in [0.2, 0.25) is 0 Å². The van der Waals surface area contributed by atoms with E-state index in [9.17, 15) is 21.6 Å². The van der Waals surface area contributed by atoms with Crippen LogP contribution in [0.25, 0.3) is 21.8 Å².